The lowest BCUT2D eigenvalue weighted by atomic mass is 10.1. The summed E-state index contributed by atoms with van der Waals surface area (Å²) >= 11 is 1.58. The molecule has 1 N–H and O–H groups in total. The lowest BCUT2D eigenvalue weighted by Crippen LogP contribution is -2.16. The Morgan fingerprint density at radius 2 is 1.63 bits per heavy atom. The van der Waals surface area contributed by atoms with Crippen molar-refractivity contribution in [3.8, 4) is 0 Å². The van der Waals surface area contributed by atoms with E-state index < -0.39 is 24.3 Å². The predicted molar refractivity (Wildman–Crippen MR) is 113 cm³/mol. The first kappa shape index (κ1) is 23.4. The number of esters is 2. The third kappa shape index (κ3) is 5.82. The molecule has 0 atom stereocenters. The second-order valence-corrected chi connectivity index (χ2v) is 7.46. The SMILES string of the molecule is CCOC(=O)c1c(C)[nH]c(C(=O)COC(=O)CCC(=O)c2ccc(SC)cc2)c1C. The Morgan fingerprint density at radius 3 is 2.23 bits per heavy atom. The second kappa shape index (κ2) is 10.8. The van der Waals surface area contributed by atoms with Crippen LogP contribution >= 0.6 is 11.8 Å². The first-order valence-electron chi connectivity index (χ1n) is 9.50. The van der Waals surface area contributed by atoms with Crippen molar-refractivity contribution in [3.63, 3.8) is 0 Å². The zero-order valence-corrected chi connectivity index (χ0v) is 18.3. The van der Waals surface area contributed by atoms with E-state index in [1.54, 1.807) is 44.7 Å². The van der Waals surface area contributed by atoms with Gasteiger partial charge in [-0.25, -0.2) is 4.79 Å². The van der Waals surface area contributed by atoms with Gasteiger partial charge < -0.3 is 14.5 Å². The standard InChI is InChI=1S/C22H25NO6S/c1-5-28-22(27)20-13(2)21(23-14(20)3)18(25)12-29-19(26)11-10-17(24)15-6-8-16(30-4)9-7-15/h6-9,23H,5,10-12H2,1-4H3. The van der Waals surface area contributed by atoms with Gasteiger partial charge >= 0.3 is 11.9 Å². The molecule has 160 valence electrons. The molecule has 1 heterocycles. The monoisotopic (exact) mass is 431 g/mol. The first-order valence-corrected chi connectivity index (χ1v) is 10.7. The average molecular weight is 432 g/mol. The van der Waals surface area contributed by atoms with Crippen LogP contribution in [-0.2, 0) is 14.3 Å². The molecule has 2 rings (SSSR count). The van der Waals surface area contributed by atoms with Gasteiger partial charge in [-0.3, -0.25) is 14.4 Å². The second-order valence-electron chi connectivity index (χ2n) is 6.58. The number of hydrogen-bond donors (Lipinski definition) is 1. The highest BCUT2D eigenvalue weighted by Gasteiger charge is 2.23. The van der Waals surface area contributed by atoms with Gasteiger partial charge in [0.25, 0.3) is 0 Å². The number of rotatable bonds is 10. The molecule has 1 aromatic carbocycles. The molecule has 7 nitrogen and oxygen atoms in total. The van der Waals surface area contributed by atoms with Crippen LogP contribution in [0.1, 0.15) is 62.2 Å². The Bertz CT molecular complexity index is 945. The fourth-order valence-corrected chi connectivity index (χ4v) is 3.37. The summed E-state index contributed by atoms with van der Waals surface area (Å²) < 4.78 is 10.0. The molecule has 0 radical (unpaired) electrons. The number of ketones is 2. The number of aromatic amines is 1. The van der Waals surface area contributed by atoms with Crippen LogP contribution < -0.4 is 0 Å². The van der Waals surface area contributed by atoms with Gasteiger partial charge in [-0.15, -0.1) is 11.8 Å². The number of aryl methyl sites for hydroxylation is 1. The molecule has 0 spiro atoms. The van der Waals surface area contributed by atoms with E-state index >= 15 is 0 Å². The Labute approximate surface area is 179 Å². The van der Waals surface area contributed by atoms with Gasteiger partial charge in [-0.1, -0.05) is 12.1 Å². The number of ether oxygens (including phenoxy) is 2. The zero-order chi connectivity index (χ0) is 22.3. The smallest absolute Gasteiger partial charge is 0.340 e. The van der Waals surface area contributed by atoms with Crippen molar-refractivity contribution in [1.29, 1.82) is 0 Å². The molecule has 0 aliphatic carbocycles. The number of nitrogens with one attached hydrogen (secondary N) is 1. The minimum atomic E-state index is -0.635. The number of H-pyrrole nitrogens is 1. The van der Waals surface area contributed by atoms with E-state index in [4.69, 9.17) is 9.47 Å². The summed E-state index contributed by atoms with van der Waals surface area (Å²) in [5, 5.41) is 0. The van der Waals surface area contributed by atoms with Gasteiger partial charge in [0.2, 0.25) is 5.78 Å². The van der Waals surface area contributed by atoms with Gasteiger partial charge in [0.15, 0.2) is 12.4 Å². The van der Waals surface area contributed by atoms with Crippen molar-refractivity contribution in [3.05, 3.63) is 52.3 Å². The highest BCUT2D eigenvalue weighted by Crippen LogP contribution is 2.20. The minimum Gasteiger partial charge on any atom is -0.462 e. The molecule has 0 fully saturated rings. The van der Waals surface area contributed by atoms with E-state index in [-0.39, 0.29) is 30.9 Å². The fourth-order valence-electron chi connectivity index (χ4n) is 2.97. The average Bonchev–Trinajstić information content (AvgIpc) is 3.04. The molecule has 30 heavy (non-hydrogen) atoms. The zero-order valence-electron chi connectivity index (χ0n) is 17.5. The summed E-state index contributed by atoms with van der Waals surface area (Å²) in [5.41, 5.74) is 2.01. The van der Waals surface area contributed by atoms with Crippen LogP contribution in [-0.4, -0.2) is 48.0 Å². The number of Topliss-reactive ketones (excluding diaryl/α,β-unsaturated/α-hetero) is 2. The van der Waals surface area contributed by atoms with Crippen molar-refractivity contribution in [2.45, 2.75) is 38.5 Å². The minimum absolute atomic E-state index is 0.000712. The van der Waals surface area contributed by atoms with Crippen molar-refractivity contribution in [2.24, 2.45) is 0 Å². The van der Waals surface area contributed by atoms with Crippen molar-refractivity contribution >= 4 is 35.3 Å². The van der Waals surface area contributed by atoms with Crippen LogP contribution in [0.2, 0.25) is 0 Å². The molecular weight excluding hydrogens is 406 g/mol. The van der Waals surface area contributed by atoms with Crippen LogP contribution in [0.4, 0.5) is 0 Å². The maximum absolute atomic E-state index is 12.4. The van der Waals surface area contributed by atoms with Crippen LogP contribution in [0.3, 0.4) is 0 Å². The van der Waals surface area contributed by atoms with Crippen molar-refractivity contribution < 1.29 is 28.7 Å². The van der Waals surface area contributed by atoms with Crippen LogP contribution in [0, 0.1) is 13.8 Å². The molecule has 2 aromatic rings. The van der Waals surface area contributed by atoms with Crippen LogP contribution in [0.5, 0.6) is 0 Å². The fraction of sp³-hybridized carbons (Fsp3) is 0.364. The number of thioether (sulfide) groups is 1. The molecule has 0 unspecified atom stereocenters. The van der Waals surface area contributed by atoms with E-state index in [0.29, 0.717) is 22.4 Å². The van der Waals surface area contributed by atoms with Crippen LogP contribution in [0.25, 0.3) is 0 Å². The number of benzene rings is 1. The summed E-state index contributed by atoms with van der Waals surface area (Å²) in [6.07, 6.45) is 1.83. The summed E-state index contributed by atoms with van der Waals surface area (Å²) in [6.45, 7) is 4.75. The normalized spacial score (nSPS) is 10.5. The third-order valence-corrected chi connectivity index (χ3v) is 5.27. The number of carbonyl (C=O) groups excluding carboxylic acids is 4. The highest BCUT2D eigenvalue weighted by atomic mass is 32.2. The quantitative estimate of drug-likeness (QED) is 0.345. The van der Waals surface area contributed by atoms with Gasteiger partial charge in [0.1, 0.15) is 0 Å². The van der Waals surface area contributed by atoms with Gasteiger partial charge in [0.05, 0.1) is 24.3 Å². The molecule has 8 heteroatoms. The third-order valence-electron chi connectivity index (χ3n) is 4.53. The first-order chi connectivity index (χ1) is 14.3. The van der Waals surface area contributed by atoms with Crippen LogP contribution in [0.15, 0.2) is 29.2 Å². The van der Waals surface area contributed by atoms with Crippen molar-refractivity contribution in [2.75, 3.05) is 19.5 Å². The van der Waals surface area contributed by atoms with Crippen molar-refractivity contribution in [1.82, 2.24) is 4.98 Å². The molecule has 1 aromatic heterocycles. The van der Waals surface area contributed by atoms with E-state index in [9.17, 15) is 19.2 Å². The summed E-state index contributed by atoms with van der Waals surface area (Å²) in [7, 11) is 0. The van der Waals surface area contributed by atoms with E-state index in [2.05, 4.69) is 4.98 Å². The highest BCUT2D eigenvalue weighted by molar-refractivity contribution is 7.98. The Morgan fingerprint density at radius 1 is 0.967 bits per heavy atom. The molecule has 0 saturated heterocycles. The Kier molecular flexibility index (Phi) is 8.41. The van der Waals surface area contributed by atoms with Gasteiger partial charge in [-0.05, 0) is 44.7 Å². The predicted octanol–water partition coefficient (Wildman–Crippen LogP) is 3.92. The Balaban J connectivity index is 1.88. The lowest BCUT2D eigenvalue weighted by molar-refractivity contribution is -0.142. The Hall–Kier alpha value is -2.87. The number of hydrogen-bond acceptors (Lipinski definition) is 7. The summed E-state index contributed by atoms with van der Waals surface area (Å²) in [4.78, 5) is 52.5. The largest absolute Gasteiger partial charge is 0.462 e. The van der Waals surface area contributed by atoms with E-state index in [1.807, 2.05) is 18.4 Å². The van der Waals surface area contributed by atoms with E-state index in [1.165, 1.54) is 0 Å². The topological polar surface area (TPSA) is 103 Å². The van der Waals surface area contributed by atoms with Gasteiger partial charge in [0, 0.05) is 22.6 Å². The molecule has 0 aliphatic heterocycles. The molecule has 0 bridgehead atoms. The number of aromatic nitrogens is 1. The lowest BCUT2D eigenvalue weighted by Gasteiger charge is -2.05. The maximum Gasteiger partial charge on any atom is 0.340 e. The summed E-state index contributed by atoms with van der Waals surface area (Å²) in [6, 6.07) is 7.14. The molecular formula is C22H25NO6S. The molecule has 0 amide bonds. The molecule has 0 aliphatic rings. The van der Waals surface area contributed by atoms with Gasteiger partial charge in [-0.2, -0.15) is 0 Å². The maximum atomic E-state index is 12.4. The summed E-state index contributed by atoms with van der Waals surface area (Å²) in [5.74, 6) is -1.77. The number of carbonyl (C=O) groups is 4. The van der Waals surface area contributed by atoms with E-state index in [0.717, 1.165) is 4.90 Å². The molecule has 0 saturated carbocycles.